The molecule has 0 aromatic heterocycles. The minimum atomic E-state index is -1.09. The standard InChI is InChI=1S/C15H20ClNO4/c1-15(2,3)21-14(20)17-12(13(18)19)8-7-10-5-4-6-11(16)9-10/h4-6,9,12H,7-8H2,1-3H3,(H,17,20)(H,18,19)/t12-/m1/s1. The van der Waals surface area contributed by atoms with Crippen molar-refractivity contribution in [3.05, 3.63) is 34.9 Å². The molecule has 0 saturated heterocycles. The molecule has 0 fully saturated rings. The van der Waals surface area contributed by atoms with Crippen LogP contribution >= 0.6 is 11.6 Å². The number of aliphatic carboxylic acids is 1. The number of aryl methyl sites for hydroxylation is 1. The number of amides is 1. The second-order valence-corrected chi connectivity index (χ2v) is 6.14. The zero-order valence-electron chi connectivity index (χ0n) is 12.4. The van der Waals surface area contributed by atoms with Crippen LogP contribution in [0.25, 0.3) is 0 Å². The first kappa shape index (κ1) is 17.3. The van der Waals surface area contributed by atoms with Crippen molar-refractivity contribution in [1.82, 2.24) is 5.32 Å². The molecule has 0 unspecified atom stereocenters. The number of carbonyl (C=O) groups is 2. The summed E-state index contributed by atoms with van der Waals surface area (Å²) in [6, 6.07) is 6.18. The van der Waals surface area contributed by atoms with Gasteiger partial charge >= 0.3 is 12.1 Å². The van der Waals surface area contributed by atoms with Crippen LogP contribution in [0.15, 0.2) is 24.3 Å². The molecule has 1 atom stereocenters. The highest BCUT2D eigenvalue weighted by molar-refractivity contribution is 6.30. The maximum absolute atomic E-state index is 11.6. The highest BCUT2D eigenvalue weighted by Gasteiger charge is 2.23. The number of rotatable bonds is 5. The molecule has 6 heteroatoms. The fourth-order valence-corrected chi connectivity index (χ4v) is 1.92. The van der Waals surface area contributed by atoms with Gasteiger partial charge in [0.15, 0.2) is 0 Å². The number of hydrogen-bond acceptors (Lipinski definition) is 3. The lowest BCUT2D eigenvalue weighted by atomic mass is 10.1. The van der Waals surface area contributed by atoms with E-state index >= 15 is 0 Å². The van der Waals surface area contributed by atoms with Crippen LogP contribution in [0, 0.1) is 0 Å². The molecular weight excluding hydrogens is 294 g/mol. The van der Waals surface area contributed by atoms with Crippen LogP contribution in [0.2, 0.25) is 5.02 Å². The largest absolute Gasteiger partial charge is 0.480 e. The summed E-state index contributed by atoms with van der Waals surface area (Å²) >= 11 is 5.87. The Morgan fingerprint density at radius 2 is 2.05 bits per heavy atom. The summed E-state index contributed by atoms with van der Waals surface area (Å²) in [6.07, 6.45) is 0.0170. The maximum Gasteiger partial charge on any atom is 0.408 e. The van der Waals surface area contributed by atoms with Crippen LogP contribution in [0.5, 0.6) is 0 Å². The van der Waals surface area contributed by atoms with Crippen LogP contribution in [0.3, 0.4) is 0 Å². The zero-order chi connectivity index (χ0) is 16.0. The van der Waals surface area contributed by atoms with Gasteiger partial charge in [0.2, 0.25) is 0 Å². The number of carbonyl (C=O) groups excluding carboxylic acids is 1. The fourth-order valence-electron chi connectivity index (χ4n) is 1.71. The summed E-state index contributed by atoms with van der Waals surface area (Å²) < 4.78 is 5.06. The van der Waals surface area contributed by atoms with Crippen molar-refractivity contribution in [2.24, 2.45) is 0 Å². The van der Waals surface area contributed by atoms with E-state index in [9.17, 15) is 9.59 Å². The van der Waals surface area contributed by atoms with Crippen molar-refractivity contribution < 1.29 is 19.4 Å². The first-order chi connectivity index (χ1) is 9.67. The molecule has 5 nitrogen and oxygen atoms in total. The molecule has 21 heavy (non-hydrogen) atoms. The number of alkyl carbamates (subject to hydrolysis) is 1. The molecule has 0 aliphatic carbocycles. The summed E-state index contributed by atoms with van der Waals surface area (Å²) in [5, 5.41) is 12.1. The van der Waals surface area contributed by atoms with E-state index in [4.69, 9.17) is 21.4 Å². The Morgan fingerprint density at radius 1 is 1.38 bits per heavy atom. The van der Waals surface area contributed by atoms with Gasteiger partial charge in [0, 0.05) is 5.02 Å². The van der Waals surface area contributed by atoms with Crippen molar-refractivity contribution >= 4 is 23.7 Å². The van der Waals surface area contributed by atoms with Gasteiger partial charge in [-0.2, -0.15) is 0 Å². The first-order valence-corrected chi connectivity index (χ1v) is 7.02. The van der Waals surface area contributed by atoms with E-state index in [1.807, 2.05) is 6.07 Å². The van der Waals surface area contributed by atoms with E-state index in [-0.39, 0.29) is 6.42 Å². The lowest BCUT2D eigenvalue weighted by Crippen LogP contribution is -2.43. The van der Waals surface area contributed by atoms with Crippen molar-refractivity contribution in [3.8, 4) is 0 Å². The average molecular weight is 314 g/mol. The van der Waals surface area contributed by atoms with Gasteiger partial charge < -0.3 is 15.2 Å². The van der Waals surface area contributed by atoms with Gasteiger partial charge in [-0.05, 0) is 51.3 Å². The monoisotopic (exact) mass is 313 g/mol. The van der Waals surface area contributed by atoms with E-state index in [0.717, 1.165) is 5.56 Å². The lowest BCUT2D eigenvalue weighted by Gasteiger charge is -2.22. The van der Waals surface area contributed by atoms with E-state index in [2.05, 4.69) is 5.32 Å². The Morgan fingerprint density at radius 3 is 2.57 bits per heavy atom. The quantitative estimate of drug-likeness (QED) is 0.875. The van der Waals surface area contributed by atoms with Gasteiger partial charge in [-0.15, -0.1) is 0 Å². The van der Waals surface area contributed by atoms with Crippen LogP contribution in [0.1, 0.15) is 32.8 Å². The van der Waals surface area contributed by atoms with Crippen LogP contribution < -0.4 is 5.32 Å². The van der Waals surface area contributed by atoms with E-state index in [1.54, 1.807) is 39.0 Å². The van der Waals surface area contributed by atoms with Crippen molar-refractivity contribution in [1.29, 1.82) is 0 Å². The van der Waals surface area contributed by atoms with Crippen molar-refractivity contribution in [2.45, 2.75) is 45.3 Å². The number of nitrogens with one attached hydrogen (secondary N) is 1. The third-order valence-corrected chi connectivity index (χ3v) is 2.83. The SMILES string of the molecule is CC(C)(C)OC(=O)N[C@H](CCc1cccc(Cl)c1)C(=O)O. The van der Waals surface area contributed by atoms with Crippen LogP contribution in [-0.4, -0.2) is 28.8 Å². The normalized spacial score (nSPS) is 12.6. The van der Waals surface area contributed by atoms with Gasteiger partial charge in [0.1, 0.15) is 11.6 Å². The number of benzene rings is 1. The molecule has 1 aromatic carbocycles. The summed E-state index contributed by atoms with van der Waals surface area (Å²) in [5.74, 6) is -1.09. The predicted octanol–water partition coefficient (Wildman–Crippen LogP) is 3.25. The average Bonchev–Trinajstić information content (AvgIpc) is 2.32. The molecule has 0 aliphatic rings. The Labute approximate surface area is 129 Å². The minimum absolute atomic E-state index is 0.259. The maximum atomic E-state index is 11.6. The highest BCUT2D eigenvalue weighted by Crippen LogP contribution is 2.13. The van der Waals surface area contributed by atoms with Gasteiger partial charge in [-0.1, -0.05) is 23.7 Å². The third-order valence-electron chi connectivity index (χ3n) is 2.60. The number of carboxylic acids is 1. The second-order valence-electron chi connectivity index (χ2n) is 5.71. The van der Waals surface area contributed by atoms with Gasteiger partial charge in [0.25, 0.3) is 0 Å². The van der Waals surface area contributed by atoms with Crippen LogP contribution in [0.4, 0.5) is 4.79 Å². The molecule has 0 aliphatic heterocycles. The molecule has 0 bridgehead atoms. The van der Waals surface area contributed by atoms with E-state index < -0.39 is 23.7 Å². The van der Waals surface area contributed by atoms with Crippen molar-refractivity contribution in [3.63, 3.8) is 0 Å². The predicted molar refractivity (Wildman–Crippen MR) is 80.6 cm³/mol. The molecule has 0 saturated carbocycles. The first-order valence-electron chi connectivity index (χ1n) is 6.64. The topological polar surface area (TPSA) is 75.6 Å². The third kappa shape index (κ3) is 6.99. The molecular formula is C15H20ClNO4. The summed E-state index contributed by atoms with van der Waals surface area (Å²) in [6.45, 7) is 5.15. The summed E-state index contributed by atoms with van der Waals surface area (Å²) in [4.78, 5) is 22.8. The second kappa shape index (κ2) is 7.31. The van der Waals surface area contributed by atoms with E-state index in [0.29, 0.717) is 11.4 Å². The Bertz CT molecular complexity index is 511. The highest BCUT2D eigenvalue weighted by atomic mass is 35.5. The fraction of sp³-hybridized carbons (Fsp3) is 0.467. The Hall–Kier alpha value is -1.75. The smallest absolute Gasteiger partial charge is 0.408 e. The minimum Gasteiger partial charge on any atom is -0.480 e. The van der Waals surface area contributed by atoms with E-state index in [1.165, 1.54) is 0 Å². The molecule has 116 valence electrons. The molecule has 0 heterocycles. The molecule has 1 aromatic rings. The van der Waals surface area contributed by atoms with Crippen molar-refractivity contribution in [2.75, 3.05) is 0 Å². The molecule has 0 radical (unpaired) electrons. The number of hydrogen-bond donors (Lipinski definition) is 2. The lowest BCUT2D eigenvalue weighted by molar-refractivity contribution is -0.139. The summed E-state index contributed by atoms with van der Waals surface area (Å²) in [7, 11) is 0. The number of halogens is 1. The zero-order valence-corrected chi connectivity index (χ0v) is 13.1. The molecule has 0 spiro atoms. The van der Waals surface area contributed by atoms with Gasteiger partial charge in [-0.3, -0.25) is 0 Å². The number of ether oxygens (including phenoxy) is 1. The van der Waals surface area contributed by atoms with Gasteiger partial charge in [-0.25, -0.2) is 9.59 Å². The molecule has 1 rings (SSSR count). The van der Waals surface area contributed by atoms with Gasteiger partial charge in [0.05, 0.1) is 0 Å². The Balaban J connectivity index is 2.58. The summed E-state index contributed by atoms with van der Waals surface area (Å²) in [5.41, 5.74) is 0.250. The number of carboxylic acid groups (broad SMARTS) is 1. The molecule has 1 amide bonds. The van der Waals surface area contributed by atoms with Crippen LogP contribution in [-0.2, 0) is 16.0 Å². The molecule has 2 N–H and O–H groups in total. The Kier molecular flexibility index (Phi) is 6.03.